The third-order valence-corrected chi connectivity index (χ3v) is 7.17. The Kier molecular flexibility index (Phi) is 7.62. The molecule has 3 aromatic rings. The lowest BCUT2D eigenvalue weighted by Crippen LogP contribution is -2.45. The fourth-order valence-electron chi connectivity index (χ4n) is 5.04. The Bertz CT molecular complexity index is 1220. The van der Waals surface area contributed by atoms with Crippen LogP contribution in [0.5, 0.6) is 0 Å². The number of nitrogens with one attached hydrogen (secondary N) is 2. The van der Waals surface area contributed by atoms with Crippen molar-refractivity contribution in [2.75, 3.05) is 43.1 Å². The largest absolute Gasteiger partial charge is 0.377 e. The zero-order valence-corrected chi connectivity index (χ0v) is 21.8. The average molecular weight is 502 g/mol. The summed E-state index contributed by atoms with van der Waals surface area (Å²) in [5.74, 6) is 1.72. The van der Waals surface area contributed by atoms with Gasteiger partial charge in [-0.15, -0.1) is 0 Å². The van der Waals surface area contributed by atoms with Crippen LogP contribution in [-0.2, 0) is 17.7 Å². The molecule has 1 aromatic carbocycles. The van der Waals surface area contributed by atoms with Crippen LogP contribution in [-0.4, -0.2) is 64.8 Å². The Morgan fingerprint density at radius 3 is 2.76 bits per heavy atom. The summed E-state index contributed by atoms with van der Waals surface area (Å²) in [6.07, 6.45) is 4.66. The normalized spacial score (nSPS) is 18.7. The number of amides is 2. The van der Waals surface area contributed by atoms with Crippen molar-refractivity contribution in [2.24, 2.45) is 0 Å². The van der Waals surface area contributed by atoms with Crippen molar-refractivity contribution < 1.29 is 9.53 Å². The number of hydrogen-bond acceptors (Lipinski definition) is 7. The van der Waals surface area contributed by atoms with Crippen LogP contribution in [0.1, 0.15) is 43.6 Å². The summed E-state index contributed by atoms with van der Waals surface area (Å²) >= 11 is 0. The van der Waals surface area contributed by atoms with Gasteiger partial charge in [-0.1, -0.05) is 6.07 Å². The first-order chi connectivity index (χ1) is 18.0. The average Bonchev–Trinajstić information content (AvgIpc) is 2.93. The monoisotopic (exact) mass is 501 g/mol. The van der Waals surface area contributed by atoms with Crippen LogP contribution in [0.25, 0.3) is 11.4 Å². The van der Waals surface area contributed by atoms with Gasteiger partial charge in [-0.2, -0.15) is 0 Å². The summed E-state index contributed by atoms with van der Waals surface area (Å²) in [7, 11) is 0. The molecule has 1 saturated heterocycles. The standard InChI is InChI=1S/C28H35N7O2/c1-4-30-28(36)31-23-9-7-21(8-10-23)26-32-25-17-34(20(3)22-6-5-12-29-16-22)13-11-24(25)27(33-26)35-14-15-37-18-19(35)2/h5-10,12,16,19-20H,4,11,13-15,17-18H2,1-3H3,(H2,30,31,36). The van der Waals surface area contributed by atoms with Gasteiger partial charge in [-0.3, -0.25) is 9.88 Å². The molecule has 4 heterocycles. The maximum atomic E-state index is 11.9. The van der Waals surface area contributed by atoms with Crippen LogP contribution in [0.15, 0.2) is 48.8 Å². The summed E-state index contributed by atoms with van der Waals surface area (Å²) in [5, 5.41) is 5.60. The molecule has 2 aliphatic rings. The Hall–Kier alpha value is -3.56. The Morgan fingerprint density at radius 1 is 1.19 bits per heavy atom. The van der Waals surface area contributed by atoms with Crippen LogP contribution >= 0.6 is 0 Å². The highest BCUT2D eigenvalue weighted by Crippen LogP contribution is 2.34. The van der Waals surface area contributed by atoms with Crippen LogP contribution in [0, 0.1) is 0 Å². The first kappa shape index (κ1) is 25.1. The molecular weight excluding hydrogens is 466 g/mol. The molecule has 1 fully saturated rings. The van der Waals surface area contributed by atoms with Gasteiger partial charge in [-0.25, -0.2) is 14.8 Å². The highest BCUT2D eigenvalue weighted by atomic mass is 16.5. The number of carbonyl (C=O) groups is 1. The molecule has 2 atom stereocenters. The third-order valence-electron chi connectivity index (χ3n) is 7.17. The predicted molar refractivity (Wildman–Crippen MR) is 145 cm³/mol. The summed E-state index contributed by atoms with van der Waals surface area (Å²) in [4.78, 5) is 31.2. The number of anilines is 2. The van der Waals surface area contributed by atoms with Gasteiger partial charge in [0.2, 0.25) is 0 Å². The quantitative estimate of drug-likeness (QED) is 0.527. The van der Waals surface area contributed by atoms with E-state index < -0.39 is 0 Å². The van der Waals surface area contributed by atoms with E-state index in [0.717, 1.165) is 48.8 Å². The molecule has 0 saturated carbocycles. The predicted octanol–water partition coefficient (Wildman–Crippen LogP) is 4.02. The number of ether oxygens (including phenoxy) is 1. The molecular formula is C28H35N7O2. The van der Waals surface area contributed by atoms with Gasteiger partial charge in [0.05, 0.1) is 24.9 Å². The lowest BCUT2D eigenvalue weighted by molar-refractivity contribution is 0.0982. The number of urea groups is 1. The van der Waals surface area contributed by atoms with E-state index in [2.05, 4.69) is 45.3 Å². The second-order valence-corrected chi connectivity index (χ2v) is 9.66. The first-order valence-electron chi connectivity index (χ1n) is 13.1. The lowest BCUT2D eigenvalue weighted by atomic mass is 10.00. The van der Waals surface area contributed by atoms with Crippen molar-refractivity contribution in [3.05, 3.63) is 65.6 Å². The summed E-state index contributed by atoms with van der Waals surface area (Å²) in [5.41, 5.74) is 5.17. The number of fused-ring (bicyclic) bond motifs is 1. The Balaban J connectivity index is 1.48. The minimum absolute atomic E-state index is 0.216. The molecule has 2 amide bonds. The smallest absolute Gasteiger partial charge is 0.319 e. The Labute approximate surface area is 218 Å². The zero-order valence-electron chi connectivity index (χ0n) is 21.8. The van der Waals surface area contributed by atoms with Gasteiger partial charge >= 0.3 is 6.03 Å². The van der Waals surface area contributed by atoms with Gasteiger partial charge in [0, 0.05) is 61.4 Å². The number of rotatable bonds is 6. The van der Waals surface area contributed by atoms with Gasteiger partial charge < -0.3 is 20.3 Å². The van der Waals surface area contributed by atoms with Crippen LogP contribution < -0.4 is 15.5 Å². The summed E-state index contributed by atoms with van der Waals surface area (Å²) < 4.78 is 5.71. The minimum atomic E-state index is -0.216. The molecule has 9 heteroatoms. The summed E-state index contributed by atoms with van der Waals surface area (Å²) in [6.45, 7) is 10.8. The molecule has 2 aliphatic heterocycles. The first-order valence-corrected chi connectivity index (χ1v) is 13.1. The number of hydrogen-bond donors (Lipinski definition) is 2. The Morgan fingerprint density at radius 2 is 2.03 bits per heavy atom. The molecule has 194 valence electrons. The van der Waals surface area contributed by atoms with E-state index in [-0.39, 0.29) is 18.1 Å². The maximum absolute atomic E-state index is 11.9. The van der Waals surface area contributed by atoms with E-state index in [0.29, 0.717) is 25.6 Å². The van der Waals surface area contributed by atoms with Gasteiger partial charge in [0.15, 0.2) is 5.82 Å². The molecule has 5 rings (SSSR count). The van der Waals surface area contributed by atoms with Crippen molar-refractivity contribution in [1.29, 1.82) is 0 Å². The van der Waals surface area contributed by atoms with Crippen LogP contribution in [0.4, 0.5) is 16.3 Å². The van der Waals surface area contributed by atoms with Crippen molar-refractivity contribution in [2.45, 2.75) is 45.8 Å². The number of morpholine rings is 1. The second kappa shape index (κ2) is 11.2. The number of nitrogens with zero attached hydrogens (tertiary/aromatic N) is 5. The minimum Gasteiger partial charge on any atom is -0.377 e. The highest BCUT2D eigenvalue weighted by molar-refractivity contribution is 5.89. The van der Waals surface area contributed by atoms with Crippen molar-refractivity contribution in [3.8, 4) is 11.4 Å². The van der Waals surface area contributed by atoms with Gasteiger partial charge in [0.25, 0.3) is 0 Å². The highest BCUT2D eigenvalue weighted by Gasteiger charge is 2.30. The van der Waals surface area contributed by atoms with E-state index >= 15 is 0 Å². The van der Waals surface area contributed by atoms with E-state index in [9.17, 15) is 4.79 Å². The number of pyridine rings is 1. The van der Waals surface area contributed by atoms with Crippen molar-refractivity contribution >= 4 is 17.5 Å². The third kappa shape index (κ3) is 5.57. The van der Waals surface area contributed by atoms with Crippen molar-refractivity contribution in [1.82, 2.24) is 25.2 Å². The van der Waals surface area contributed by atoms with E-state index in [1.54, 1.807) is 0 Å². The van der Waals surface area contributed by atoms with Crippen LogP contribution in [0.3, 0.4) is 0 Å². The molecule has 0 radical (unpaired) electrons. The molecule has 2 N–H and O–H groups in total. The fourth-order valence-corrected chi connectivity index (χ4v) is 5.04. The second-order valence-electron chi connectivity index (χ2n) is 9.66. The SMILES string of the molecule is CCNC(=O)Nc1ccc(-c2nc3c(c(N4CCOCC4C)n2)CCN(C(C)c2cccnc2)C3)cc1. The van der Waals surface area contributed by atoms with Crippen LogP contribution in [0.2, 0.25) is 0 Å². The maximum Gasteiger partial charge on any atom is 0.319 e. The van der Waals surface area contributed by atoms with E-state index in [1.165, 1.54) is 11.1 Å². The number of carbonyl (C=O) groups excluding carboxylic acids is 1. The lowest BCUT2D eigenvalue weighted by Gasteiger charge is -2.39. The fraction of sp³-hybridized carbons (Fsp3) is 0.429. The summed E-state index contributed by atoms with van der Waals surface area (Å²) in [6, 6.07) is 12.1. The molecule has 2 unspecified atom stereocenters. The topological polar surface area (TPSA) is 95.5 Å². The van der Waals surface area contributed by atoms with E-state index in [4.69, 9.17) is 14.7 Å². The van der Waals surface area contributed by atoms with E-state index in [1.807, 2.05) is 49.6 Å². The van der Waals surface area contributed by atoms with Crippen molar-refractivity contribution in [3.63, 3.8) is 0 Å². The molecule has 37 heavy (non-hydrogen) atoms. The van der Waals surface area contributed by atoms with Gasteiger partial charge in [0.1, 0.15) is 5.82 Å². The molecule has 9 nitrogen and oxygen atoms in total. The molecule has 0 aliphatic carbocycles. The number of benzene rings is 1. The molecule has 0 spiro atoms. The molecule has 0 bridgehead atoms. The number of aromatic nitrogens is 3. The zero-order chi connectivity index (χ0) is 25.8. The van der Waals surface area contributed by atoms with Gasteiger partial charge in [-0.05, 0) is 63.1 Å². The molecule has 2 aromatic heterocycles.